The zero-order valence-electron chi connectivity index (χ0n) is 11.9. The van der Waals surface area contributed by atoms with Crippen LogP contribution in [-0.2, 0) is 4.79 Å². The van der Waals surface area contributed by atoms with E-state index in [0.29, 0.717) is 24.5 Å². The first kappa shape index (κ1) is 15.3. The normalized spacial score (nSPS) is 27.8. The number of amides is 1. The Bertz CT molecular complexity index is 439. The number of nitrogens with one attached hydrogen (secondary N) is 1. The Kier molecular flexibility index (Phi) is 5.06. The molecule has 2 aliphatic rings. The summed E-state index contributed by atoms with van der Waals surface area (Å²) in [6, 6.07) is 11.7. The maximum absolute atomic E-state index is 12.4. The number of anilines is 1. The van der Waals surface area contributed by atoms with Gasteiger partial charge in [-0.2, -0.15) is 0 Å². The van der Waals surface area contributed by atoms with Gasteiger partial charge in [-0.15, -0.1) is 12.4 Å². The number of hydrogen-bond donors (Lipinski definition) is 1. The summed E-state index contributed by atoms with van der Waals surface area (Å²) >= 11 is 0. The van der Waals surface area contributed by atoms with Crippen LogP contribution in [0.3, 0.4) is 0 Å². The minimum atomic E-state index is 0. The molecule has 110 valence electrons. The molecule has 2 bridgehead atoms. The average molecular weight is 295 g/mol. The van der Waals surface area contributed by atoms with E-state index in [4.69, 9.17) is 0 Å². The molecule has 3 atom stereocenters. The average Bonchev–Trinajstić information content (AvgIpc) is 2.79. The molecule has 2 aliphatic heterocycles. The fourth-order valence-corrected chi connectivity index (χ4v) is 3.56. The van der Waals surface area contributed by atoms with Crippen molar-refractivity contribution in [3.63, 3.8) is 0 Å². The number of nitrogens with zero attached hydrogens (tertiary/aromatic N) is 1. The molecule has 1 aromatic carbocycles. The molecule has 0 radical (unpaired) electrons. The lowest BCUT2D eigenvalue weighted by Crippen LogP contribution is -2.50. The number of fused-ring (bicyclic) bond motifs is 2. The molecular weight excluding hydrogens is 272 g/mol. The van der Waals surface area contributed by atoms with Gasteiger partial charge in [-0.1, -0.05) is 25.1 Å². The molecule has 0 spiro atoms. The molecule has 3 rings (SSSR count). The summed E-state index contributed by atoms with van der Waals surface area (Å²) in [5, 5.41) is 3.65. The molecule has 20 heavy (non-hydrogen) atoms. The molecule has 4 heteroatoms. The summed E-state index contributed by atoms with van der Waals surface area (Å²) in [6.45, 7) is 1.95. The number of para-hydroxylation sites is 1. The van der Waals surface area contributed by atoms with Gasteiger partial charge in [0.05, 0.1) is 0 Å². The van der Waals surface area contributed by atoms with E-state index in [2.05, 4.69) is 17.4 Å². The van der Waals surface area contributed by atoms with Gasteiger partial charge in [0.15, 0.2) is 0 Å². The van der Waals surface area contributed by atoms with E-state index in [9.17, 15) is 4.79 Å². The lowest BCUT2D eigenvalue weighted by atomic mass is 9.97. The Morgan fingerprint density at radius 2 is 1.80 bits per heavy atom. The van der Waals surface area contributed by atoms with Crippen LogP contribution in [0.4, 0.5) is 5.69 Å². The van der Waals surface area contributed by atoms with Crippen molar-refractivity contribution < 1.29 is 4.79 Å². The minimum Gasteiger partial charge on any atom is -0.311 e. The number of carbonyl (C=O) groups excluding carboxylic acids is 1. The summed E-state index contributed by atoms with van der Waals surface area (Å²) in [4.78, 5) is 14.4. The summed E-state index contributed by atoms with van der Waals surface area (Å²) < 4.78 is 0. The van der Waals surface area contributed by atoms with E-state index in [1.54, 1.807) is 0 Å². The van der Waals surface area contributed by atoms with E-state index >= 15 is 0 Å². The number of piperidine rings is 1. The molecule has 1 aromatic rings. The molecule has 0 aromatic heterocycles. The molecule has 2 saturated heterocycles. The summed E-state index contributed by atoms with van der Waals surface area (Å²) in [7, 11) is 0. The molecule has 0 aliphatic carbocycles. The first-order valence-corrected chi connectivity index (χ1v) is 7.41. The van der Waals surface area contributed by atoms with Crippen molar-refractivity contribution in [3.8, 4) is 0 Å². The second kappa shape index (κ2) is 6.59. The van der Waals surface area contributed by atoms with Crippen molar-refractivity contribution in [2.24, 2.45) is 0 Å². The van der Waals surface area contributed by atoms with Gasteiger partial charge in [0.1, 0.15) is 0 Å². The third-order valence-electron chi connectivity index (χ3n) is 4.42. The van der Waals surface area contributed by atoms with Crippen molar-refractivity contribution in [2.75, 3.05) is 4.90 Å². The van der Waals surface area contributed by atoms with Gasteiger partial charge in [0.25, 0.3) is 0 Å². The number of benzene rings is 1. The SMILES string of the molecule is CCC(=O)N(c1ccccc1)C1C[C@H]2CC[C@@H](C1)N2.Cl. The predicted molar refractivity (Wildman–Crippen MR) is 84.4 cm³/mol. The number of halogens is 1. The number of carbonyl (C=O) groups is 1. The highest BCUT2D eigenvalue weighted by atomic mass is 35.5. The van der Waals surface area contributed by atoms with E-state index in [0.717, 1.165) is 18.5 Å². The molecule has 1 N–H and O–H groups in total. The van der Waals surface area contributed by atoms with Crippen LogP contribution in [0.15, 0.2) is 30.3 Å². The fraction of sp³-hybridized carbons (Fsp3) is 0.562. The van der Waals surface area contributed by atoms with E-state index in [1.807, 2.05) is 30.0 Å². The third kappa shape index (κ3) is 2.99. The van der Waals surface area contributed by atoms with Gasteiger partial charge < -0.3 is 10.2 Å². The van der Waals surface area contributed by atoms with E-state index < -0.39 is 0 Å². The van der Waals surface area contributed by atoms with Crippen LogP contribution in [0.2, 0.25) is 0 Å². The van der Waals surface area contributed by atoms with Gasteiger partial charge in [-0.3, -0.25) is 4.79 Å². The number of rotatable bonds is 3. The molecule has 1 amide bonds. The number of hydrogen-bond acceptors (Lipinski definition) is 2. The second-order valence-electron chi connectivity index (χ2n) is 5.72. The maximum Gasteiger partial charge on any atom is 0.226 e. The fourth-order valence-electron chi connectivity index (χ4n) is 3.56. The highest BCUT2D eigenvalue weighted by Crippen LogP contribution is 2.32. The third-order valence-corrected chi connectivity index (χ3v) is 4.42. The van der Waals surface area contributed by atoms with Gasteiger partial charge >= 0.3 is 0 Å². The zero-order chi connectivity index (χ0) is 13.2. The van der Waals surface area contributed by atoms with Gasteiger partial charge in [-0.05, 0) is 37.8 Å². The Balaban J connectivity index is 0.00000147. The van der Waals surface area contributed by atoms with Crippen molar-refractivity contribution in [3.05, 3.63) is 30.3 Å². The van der Waals surface area contributed by atoms with Crippen molar-refractivity contribution >= 4 is 24.0 Å². The lowest BCUT2D eigenvalue weighted by molar-refractivity contribution is -0.118. The first-order valence-electron chi connectivity index (χ1n) is 7.41. The highest BCUT2D eigenvalue weighted by Gasteiger charge is 2.37. The Morgan fingerprint density at radius 3 is 2.35 bits per heavy atom. The lowest BCUT2D eigenvalue weighted by Gasteiger charge is -2.37. The van der Waals surface area contributed by atoms with Crippen LogP contribution in [0, 0.1) is 0 Å². The Labute approximate surface area is 127 Å². The van der Waals surface area contributed by atoms with Gasteiger partial charge in [0.2, 0.25) is 5.91 Å². The largest absolute Gasteiger partial charge is 0.311 e. The summed E-state index contributed by atoms with van der Waals surface area (Å²) in [6.07, 6.45) is 5.30. The molecular formula is C16H23ClN2O. The highest BCUT2D eigenvalue weighted by molar-refractivity contribution is 5.93. The topological polar surface area (TPSA) is 32.3 Å². The molecule has 2 heterocycles. The van der Waals surface area contributed by atoms with Crippen LogP contribution in [0.1, 0.15) is 39.0 Å². The standard InChI is InChI=1S/C16H22N2O.ClH/c1-2-16(19)18(14-6-4-3-5-7-14)15-10-12-8-9-13(11-15)17-12;/h3-7,12-13,15,17H,2,8-11H2,1H3;1H/t12-,13+,15?;. The molecule has 3 nitrogen and oxygen atoms in total. The molecule has 0 saturated carbocycles. The van der Waals surface area contributed by atoms with Crippen LogP contribution in [0.25, 0.3) is 0 Å². The maximum atomic E-state index is 12.4. The summed E-state index contributed by atoms with van der Waals surface area (Å²) in [5.74, 6) is 0.248. The first-order chi connectivity index (χ1) is 9.28. The van der Waals surface area contributed by atoms with Crippen molar-refractivity contribution in [1.82, 2.24) is 5.32 Å². The Hall–Kier alpha value is -1.06. The summed E-state index contributed by atoms with van der Waals surface area (Å²) in [5.41, 5.74) is 1.06. The van der Waals surface area contributed by atoms with Crippen LogP contribution < -0.4 is 10.2 Å². The van der Waals surface area contributed by atoms with Gasteiger partial charge in [-0.25, -0.2) is 0 Å². The Morgan fingerprint density at radius 1 is 1.20 bits per heavy atom. The molecule has 1 unspecified atom stereocenters. The van der Waals surface area contributed by atoms with Crippen molar-refractivity contribution in [1.29, 1.82) is 0 Å². The van der Waals surface area contributed by atoms with E-state index in [1.165, 1.54) is 12.8 Å². The van der Waals surface area contributed by atoms with Crippen LogP contribution in [0.5, 0.6) is 0 Å². The minimum absolute atomic E-state index is 0. The monoisotopic (exact) mass is 294 g/mol. The quantitative estimate of drug-likeness (QED) is 0.929. The zero-order valence-corrected chi connectivity index (χ0v) is 12.7. The second-order valence-corrected chi connectivity index (χ2v) is 5.72. The predicted octanol–water partition coefficient (Wildman–Crippen LogP) is 3.13. The van der Waals surface area contributed by atoms with Crippen molar-refractivity contribution in [2.45, 2.75) is 57.2 Å². The van der Waals surface area contributed by atoms with Crippen LogP contribution in [-0.4, -0.2) is 24.0 Å². The van der Waals surface area contributed by atoms with E-state index in [-0.39, 0.29) is 18.3 Å². The van der Waals surface area contributed by atoms with Gasteiger partial charge in [0, 0.05) is 30.2 Å². The molecule has 2 fully saturated rings. The smallest absolute Gasteiger partial charge is 0.226 e. The van der Waals surface area contributed by atoms with Crippen LogP contribution >= 0.6 is 12.4 Å².